The van der Waals surface area contributed by atoms with E-state index < -0.39 is 23.7 Å². The Labute approximate surface area is 218 Å². The molecule has 1 unspecified atom stereocenters. The number of amides is 1. The summed E-state index contributed by atoms with van der Waals surface area (Å²) in [6.07, 6.45) is 1.71. The van der Waals surface area contributed by atoms with Gasteiger partial charge in [0.2, 0.25) is 0 Å². The average Bonchev–Trinajstić information content (AvgIpc) is 3.51. The molecule has 2 N–H and O–H groups in total. The lowest BCUT2D eigenvalue weighted by Crippen LogP contribution is -2.29. The van der Waals surface area contributed by atoms with E-state index in [9.17, 15) is 24.6 Å². The van der Waals surface area contributed by atoms with Crippen LogP contribution >= 0.6 is 27.3 Å². The smallest absolute Gasteiger partial charge is 0.335 e. The predicted octanol–water partition coefficient (Wildman–Crippen LogP) is 5.90. The largest absolute Gasteiger partial charge is 0.507 e. The Kier molecular flexibility index (Phi) is 6.26. The number of ketones is 1. The van der Waals surface area contributed by atoms with Gasteiger partial charge in [0.1, 0.15) is 10.8 Å². The van der Waals surface area contributed by atoms with Gasteiger partial charge in [-0.1, -0.05) is 52.3 Å². The maximum Gasteiger partial charge on any atom is 0.335 e. The Morgan fingerprint density at radius 2 is 1.53 bits per heavy atom. The highest BCUT2D eigenvalue weighted by Gasteiger charge is 2.47. The van der Waals surface area contributed by atoms with E-state index >= 15 is 0 Å². The minimum Gasteiger partial charge on any atom is -0.507 e. The lowest BCUT2D eigenvalue weighted by atomic mass is 9.94. The number of anilines is 1. The molecule has 2 heterocycles. The van der Waals surface area contributed by atoms with Crippen LogP contribution in [0.3, 0.4) is 0 Å². The zero-order chi connectivity index (χ0) is 25.4. The third kappa shape index (κ3) is 4.23. The van der Waals surface area contributed by atoms with Crippen molar-refractivity contribution in [2.75, 3.05) is 4.90 Å². The fourth-order valence-electron chi connectivity index (χ4n) is 4.12. The molecule has 0 spiro atoms. The summed E-state index contributed by atoms with van der Waals surface area (Å²) in [5.41, 5.74) is 2.22. The molecular formula is C27H17BrN2O5S. The van der Waals surface area contributed by atoms with Crippen molar-refractivity contribution in [1.82, 2.24) is 4.98 Å². The van der Waals surface area contributed by atoms with Gasteiger partial charge in [-0.15, -0.1) is 11.3 Å². The van der Waals surface area contributed by atoms with Crippen LogP contribution in [0.4, 0.5) is 5.69 Å². The fraction of sp³-hybridized carbons (Fsp3) is 0.0370. The van der Waals surface area contributed by atoms with Crippen molar-refractivity contribution in [2.45, 2.75) is 6.04 Å². The predicted molar refractivity (Wildman–Crippen MR) is 140 cm³/mol. The monoisotopic (exact) mass is 560 g/mol. The standard InChI is InChI=1S/C27H17BrN2O5S/c28-19-9-5-16(6-10-19)23(31)21-22(15-1-3-17(4-2-15)25-29-13-14-36-25)30(26(33)24(21)32)20-11-7-18(8-12-20)27(34)35/h1-14,22,31H,(H,34,35). The molecule has 0 saturated carbocycles. The molecule has 1 aliphatic heterocycles. The molecule has 5 rings (SSSR count). The number of aliphatic hydroxyl groups is 1. The highest BCUT2D eigenvalue weighted by molar-refractivity contribution is 9.10. The van der Waals surface area contributed by atoms with Crippen LogP contribution in [0.15, 0.2) is 94.4 Å². The van der Waals surface area contributed by atoms with E-state index in [-0.39, 0.29) is 16.9 Å². The van der Waals surface area contributed by atoms with Gasteiger partial charge in [0.15, 0.2) is 0 Å². The summed E-state index contributed by atoms with van der Waals surface area (Å²) in [6.45, 7) is 0. The Morgan fingerprint density at radius 1 is 0.889 bits per heavy atom. The molecule has 178 valence electrons. The van der Waals surface area contributed by atoms with Crippen molar-refractivity contribution in [3.05, 3.63) is 111 Å². The van der Waals surface area contributed by atoms with Gasteiger partial charge in [0, 0.05) is 32.9 Å². The first-order valence-electron chi connectivity index (χ1n) is 10.8. The summed E-state index contributed by atoms with van der Waals surface area (Å²) in [7, 11) is 0. The molecule has 1 aliphatic rings. The average molecular weight is 561 g/mol. The first-order chi connectivity index (χ1) is 17.3. The number of aliphatic hydroxyl groups excluding tert-OH is 1. The summed E-state index contributed by atoms with van der Waals surface area (Å²) in [6, 6.07) is 18.8. The third-order valence-electron chi connectivity index (χ3n) is 5.86. The number of Topliss-reactive ketones (excluding diaryl/α,β-unsaturated/α-hetero) is 1. The Balaban J connectivity index is 1.66. The van der Waals surface area contributed by atoms with Crippen molar-refractivity contribution in [2.24, 2.45) is 0 Å². The van der Waals surface area contributed by atoms with Gasteiger partial charge in [0.25, 0.3) is 11.7 Å². The van der Waals surface area contributed by atoms with E-state index in [1.807, 2.05) is 17.5 Å². The van der Waals surface area contributed by atoms with Crippen molar-refractivity contribution in [3.63, 3.8) is 0 Å². The molecule has 9 heteroatoms. The number of nitrogens with zero attached hydrogens (tertiary/aromatic N) is 2. The number of hydrogen-bond acceptors (Lipinski definition) is 6. The van der Waals surface area contributed by atoms with Gasteiger partial charge >= 0.3 is 5.97 Å². The van der Waals surface area contributed by atoms with Gasteiger partial charge in [-0.05, 0) is 42.0 Å². The van der Waals surface area contributed by atoms with E-state index in [1.54, 1.807) is 42.6 Å². The molecule has 1 fully saturated rings. The number of halogens is 1. The fourth-order valence-corrected chi connectivity index (χ4v) is 5.02. The van der Waals surface area contributed by atoms with Crippen LogP contribution in [0.25, 0.3) is 16.3 Å². The van der Waals surface area contributed by atoms with Crippen LogP contribution < -0.4 is 4.90 Å². The van der Waals surface area contributed by atoms with Gasteiger partial charge in [-0.25, -0.2) is 9.78 Å². The summed E-state index contributed by atoms with van der Waals surface area (Å²) in [4.78, 5) is 43.4. The minimum absolute atomic E-state index is 0.0494. The number of carboxylic acid groups (broad SMARTS) is 1. The van der Waals surface area contributed by atoms with Gasteiger partial charge in [-0.3, -0.25) is 14.5 Å². The number of thiazole rings is 1. The summed E-state index contributed by atoms with van der Waals surface area (Å²) < 4.78 is 0.798. The van der Waals surface area contributed by atoms with Crippen LogP contribution in [-0.4, -0.2) is 32.9 Å². The van der Waals surface area contributed by atoms with E-state index in [1.165, 1.54) is 40.5 Å². The summed E-state index contributed by atoms with van der Waals surface area (Å²) in [5.74, 6) is -3.04. The van der Waals surface area contributed by atoms with Gasteiger partial charge < -0.3 is 10.2 Å². The molecule has 0 bridgehead atoms. The van der Waals surface area contributed by atoms with E-state index in [0.717, 1.165) is 15.0 Å². The van der Waals surface area contributed by atoms with Crippen molar-refractivity contribution < 1.29 is 24.6 Å². The Hall–Kier alpha value is -4.08. The lowest BCUT2D eigenvalue weighted by molar-refractivity contribution is -0.132. The quantitative estimate of drug-likeness (QED) is 0.179. The first-order valence-corrected chi connectivity index (χ1v) is 12.4. The van der Waals surface area contributed by atoms with Crippen molar-refractivity contribution in [3.8, 4) is 10.6 Å². The van der Waals surface area contributed by atoms with Crippen LogP contribution in [0.1, 0.15) is 27.5 Å². The first kappa shape index (κ1) is 23.7. The molecule has 3 aromatic carbocycles. The highest BCUT2D eigenvalue weighted by Crippen LogP contribution is 2.42. The van der Waals surface area contributed by atoms with Crippen molar-refractivity contribution >= 4 is 56.4 Å². The summed E-state index contributed by atoms with van der Waals surface area (Å²) >= 11 is 4.84. The molecule has 1 aromatic heterocycles. The molecule has 0 aliphatic carbocycles. The molecular weight excluding hydrogens is 544 g/mol. The topological polar surface area (TPSA) is 108 Å². The second-order valence-corrected chi connectivity index (χ2v) is 9.80. The third-order valence-corrected chi connectivity index (χ3v) is 7.21. The van der Waals surface area contributed by atoms with Crippen LogP contribution in [0, 0.1) is 0 Å². The van der Waals surface area contributed by atoms with Crippen LogP contribution in [0.5, 0.6) is 0 Å². The number of benzene rings is 3. The highest BCUT2D eigenvalue weighted by atomic mass is 79.9. The van der Waals surface area contributed by atoms with Gasteiger partial charge in [0.05, 0.1) is 17.2 Å². The Morgan fingerprint density at radius 3 is 2.11 bits per heavy atom. The number of aromatic nitrogens is 1. The zero-order valence-corrected chi connectivity index (χ0v) is 20.9. The van der Waals surface area contributed by atoms with Crippen LogP contribution in [-0.2, 0) is 9.59 Å². The molecule has 1 saturated heterocycles. The van der Waals surface area contributed by atoms with Crippen molar-refractivity contribution in [1.29, 1.82) is 0 Å². The molecule has 36 heavy (non-hydrogen) atoms. The number of carbonyl (C=O) groups is 3. The second-order valence-electron chi connectivity index (χ2n) is 7.99. The zero-order valence-electron chi connectivity index (χ0n) is 18.5. The number of carbonyl (C=O) groups excluding carboxylic acids is 2. The van der Waals surface area contributed by atoms with E-state index in [4.69, 9.17) is 0 Å². The maximum atomic E-state index is 13.3. The molecule has 4 aromatic rings. The SMILES string of the molecule is O=C1C(=O)N(c2ccc(C(=O)O)cc2)C(c2ccc(-c3nccs3)cc2)C1=C(O)c1ccc(Br)cc1. The van der Waals surface area contributed by atoms with Crippen LogP contribution in [0.2, 0.25) is 0 Å². The second kappa shape index (κ2) is 9.52. The lowest BCUT2D eigenvalue weighted by Gasteiger charge is -2.25. The van der Waals surface area contributed by atoms with E-state index in [0.29, 0.717) is 16.8 Å². The minimum atomic E-state index is -1.10. The number of hydrogen-bond donors (Lipinski definition) is 2. The van der Waals surface area contributed by atoms with Gasteiger partial charge in [-0.2, -0.15) is 0 Å². The number of aromatic carboxylic acids is 1. The van der Waals surface area contributed by atoms with E-state index in [2.05, 4.69) is 20.9 Å². The normalized spacial score (nSPS) is 16.9. The molecule has 0 radical (unpaired) electrons. The maximum absolute atomic E-state index is 13.3. The Bertz CT molecular complexity index is 1500. The number of carboxylic acids is 1. The summed E-state index contributed by atoms with van der Waals surface area (Å²) in [5, 5.41) is 23.1. The molecule has 1 atom stereocenters. The molecule has 7 nitrogen and oxygen atoms in total. The molecule has 1 amide bonds. The number of rotatable bonds is 5.